The SMILES string of the molecule is c1cnc2c(c1)nc(C1CC3CCC1N3)n2C1CC1. The molecule has 2 aromatic heterocycles. The maximum absolute atomic E-state index is 4.94. The normalized spacial score (nSPS) is 33.4. The quantitative estimate of drug-likeness (QED) is 0.894. The summed E-state index contributed by atoms with van der Waals surface area (Å²) in [5, 5.41) is 3.73. The van der Waals surface area contributed by atoms with Crippen molar-refractivity contribution < 1.29 is 0 Å². The van der Waals surface area contributed by atoms with Gasteiger partial charge in [-0.25, -0.2) is 9.97 Å². The van der Waals surface area contributed by atoms with Crippen molar-refractivity contribution >= 4 is 11.2 Å². The summed E-state index contributed by atoms with van der Waals surface area (Å²) in [6, 6.07) is 6.14. The highest BCUT2D eigenvalue weighted by Crippen LogP contribution is 2.45. The first-order chi connectivity index (χ1) is 9.40. The van der Waals surface area contributed by atoms with E-state index in [1.165, 1.54) is 37.9 Å². The smallest absolute Gasteiger partial charge is 0.160 e. The standard InChI is InChI=1S/C15H18N4/c1-2-13-15(16-7-1)19(10-4-5-10)14(18-13)11-8-9-3-6-12(11)17-9/h1-2,7,9-12,17H,3-6,8H2. The van der Waals surface area contributed by atoms with Crippen LogP contribution in [0.3, 0.4) is 0 Å². The third-order valence-electron chi connectivity index (χ3n) is 5.02. The van der Waals surface area contributed by atoms with Gasteiger partial charge in [-0.05, 0) is 44.2 Å². The van der Waals surface area contributed by atoms with E-state index in [1.807, 2.05) is 12.3 Å². The number of hydrogen-bond acceptors (Lipinski definition) is 3. The lowest BCUT2D eigenvalue weighted by Crippen LogP contribution is -2.23. The summed E-state index contributed by atoms with van der Waals surface area (Å²) in [6.45, 7) is 0. The van der Waals surface area contributed by atoms with Crippen LogP contribution in [0, 0.1) is 0 Å². The summed E-state index contributed by atoms with van der Waals surface area (Å²) in [7, 11) is 0. The topological polar surface area (TPSA) is 42.7 Å². The Morgan fingerprint density at radius 1 is 1.21 bits per heavy atom. The Morgan fingerprint density at radius 3 is 2.89 bits per heavy atom. The second-order valence-electron chi connectivity index (χ2n) is 6.31. The van der Waals surface area contributed by atoms with Crippen molar-refractivity contribution in [1.29, 1.82) is 0 Å². The molecule has 0 aromatic carbocycles. The van der Waals surface area contributed by atoms with Crippen LogP contribution in [0.5, 0.6) is 0 Å². The zero-order valence-corrected chi connectivity index (χ0v) is 10.9. The zero-order valence-electron chi connectivity index (χ0n) is 10.9. The maximum Gasteiger partial charge on any atom is 0.160 e. The average molecular weight is 254 g/mol. The number of imidazole rings is 1. The maximum atomic E-state index is 4.94. The second-order valence-corrected chi connectivity index (χ2v) is 6.31. The van der Waals surface area contributed by atoms with Crippen LogP contribution in [0.2, 0.25) is 0 Å². The fourth-order valence-electron chi connectivity index (χ4n) is 4.01. The Balaban J connectivity index is 1.68. The number of aromatic nitrogens is 3. The van der Waals surface area contributed by atoms with E-state index in [-0.39, 0.29) is 0 Å². The Hall–Kier alpha value is -1.42. The number of rotatable bonds is 2. The van der Waals surface area contributed by atoms with Gasteiger partial charge in [0, 0.05) is 30.2 Å². The largest absolute Gasteiger partial charge is 0.310 e. The van der Waals surface area contributed by atoms with Crippen LogP contribution >= 0.6 is 0 Å². The Kier molecular flexibility index (Phi) is 1.95. The van der Waals surface area contributed by atoms with E-state index in [0.717, 1.165) is 17.2 Å². The summed E-state index contributed by atoms with van der Waals surface area (Å²) >= 11 is 0. The molecule has 2 aliphatic heterocycles. The number of pyridine rings is 1. The van der Waals surface area contributed by atoms with E-state index >= 15 is 0 Å². The highest BCUT2D eigenvalue weighted by molar-refractivity contribution is 5.71. The Bertz CT molecular complexity index is 643. The fraction of sp³-hybridized carbons (Fsp3) is 0.600. The van der Waals surface area contributed by atoms with E-state index in [0.29, 0.717) is 18.0 Å². The summed E-state index contributed by atoms with van der Waals surface area (Å²) in [5.74, 6) is 1.91. The average Bonchev–Trinajstić information content (AvgIpc) is 2.91. The van der Waals surface area contributed by atoms with Crippen LogP contribution in [-0.2, 0) is 0 Å². The predicted molar refractivity (Wildman–Crippen MR) is 73.1 cm³/mol. The molecular formula is C15H18N4. The van der Waals surface area contributed by atoms with Gasteiger partial charge in [-0.3, -0.25) is 0 Å². The molecule has 2 bridgehead atoms. The monoisotopic (exact) mass is 254 g/mol. The molecular weight excluding hydrogens is 236 g/mol. The Labute approximate surface area is 112 Å². The molecule has 2 saturated heterocycles. The molecule has 4 nitrogen and oxygen atoms in total. The first-order valence-corrected chi connectivity index (χ1v) is 7.49. The molecule has 1 aliphatic carbocycles. The van der Waals surface area contributed by atoms with Gasteiger partial charge < -0.3 is 9.88 Å². The van der Waals surface area contributed by atoms with Crippen molar-refractivity contribution in [2.45, 2.75) is 56.1 Å². The lowest BCUT2D eigenvalue weighted by molar-refractivity contribution is 0.469. The minimum absolute atomic E-state index is 0.605. The zero-order chi connectivity index (χ0) is 12.4. The van der Waals surface area contributed by atoms with Crippen LogP contribution in [0.1, 0.15) is 49.9 Å². The van der Waals surface area contributed by atoms with Gasteiger partial charge in [0.1, 0.15) is 11.3 Å². The van der Waals surface area contributed by atoms with Crippen LogP contribution in [0.4, 0.5) is 0 Å². The van der Waals surface area contributed by atoms with Gasteiger partial charge in [0.25, 0.3) is 0 Å². The number of fused-ring (bicyclic) bond motifs is 3. The summed E-state index contributed by atoms with van der Waals surface area (Å²) < 4.78 is 2.45. The lowest BCUT2D eigenvalue weighted by atomic mass is 9.88. The third-order valence-corrected chi connectivity index (χ3v) is 5.02. The lowest BCUT2D eigenvalue weighted by Gasteiger charge is -2.20. The summed E-state index contributed by atoms with van der Waals surface area (Å²) in [5.41, 5.74) is 2.18. The molecule has 3 atom stereocenters. The molecule has 1 saturated carbocycles. The molecule has 5 rings (SSSR count). The molecule has 4 heteroatoms. The van der Waals surface area contributed by atoms with Gasteiger partial charge in [0.15, 0.2) is 5.65 Å². The molecule has 0 radical (unpaired) electrons. The van der Waals surface area contributed by atoms with Gasteiger partial charge >= 0.3 is 0 Å². The van der Waals surface area contributed by atoms with Crippen molar-refractivity contribution in [2.24, 2.45) is 0 Å². The molecule has 98 valence electrons. The van der Waals surface area contributed by atoms with Crippen LogP contribution in [-0.4, -0.2) is 26.6 Å². The molecule has 3 fully saturated rings. The molecule has 4 heterocycles. The van der Waals surface area contributed by atoms with E-state index < -0.39 is 0 Å². The van der Waals surface area contributed by atoms with Crippen molar-refractivity contribution in [2.75, 3.05) is 0 Å². The van der Waals surface area contributed by atoms with E-state index in [2.05, 4.69) is 20.9 Å². The highest BCUT2D eigenvalue weighted by Gasteiger charge is 2.43. The van der Waals surface area contributed by atoms with Crippen molar-refractivity contribution in [1.82, 2.24) is 19.9 Å². The molecule has 3 unspecified atom stereocenters. The molecule has 0 amide bonds. The minimum atomic E-state index is 0.605. The molecule has 2 aromatic rings. The number of nitrogens with zero attached hydrogens (tertiary/aromatic N) is 3. The number of nitrogens with one attached hydrogen (secondary N) is 1. The number of hydrogen-bond donors (Lipinski definition) is 1. The third kappa shape index (κ3) is 1.43. The van der Waals surface area contributed by atoms with Crippen molar-refractivity contribution in [3.05, 3.63) is 24.2 Å². The van der Waals surface area contributed by atoms with E-state index in [9.17, 15) is 0 Å². The minimum Gasteiger partial charge on any atom is -0.310 e. The predicted octanol–water partition coefficient (Wildman–Crippen LogP) is 2.37. The van der Waals surface area contributed by atoms with Gasteiger partial charge in [-0.1, -0.05) is 0 Å². The first-order valence-electron chi connectivity index (χ1n) is 7.49. The van der Waals surface area contributed by atoms with Crippen LogP contribution < -0.4 is 5.32 Å². The van der Waals surface area contributed by atoms with Crippen LogP contribution in [0.15, 0.2) is 18.3 Å². The molecule has 0 spiro atoms. The van der Waals surface area contributed by atoms with Crippen molar-refractivity contribution in [3.8, 4) is 0 Å². The molecule has 3 aliphatic rings. The van der Waals surface area contributed by atoms with Crippen molar-refractivity contribution in [3.63, 3.8) is 0 Å². The molecule has 19 heavy (non-hydrogen) atoms. The fourth-order valence-corrected chi connectivity index (χ4v) is 4.01. The Morgan fingerprint density at radius 2 is 2.16 bits per heavy atom. The molecule has 1 N–H and O–H groups in total. The first kappa shape index (κ1) is 10.4. The second kappa shape index (κ2) is 3.57. The van der Waals surface area contributed by atoms with Crippen LogP contribution in [0.25, 0.3) is 11.2 Å². The van der Waals surface area contributed by atoms with Gasteiger partial charge in [-0.15, -0.1) is 0 Å². The van der Waals surface area contributed by atoms with Gasteiger partial charge in [0.2, 0.25) is 0 Å². The van der Waals surface area contributed by atoms with E-state index in [1.54, 1.807) is 0 Å². The summed E-state index contributed by atoms with van der Waals surface area (Å²) in [4.78, 5) is 9.51. The highest BCUT2D eigenvalue weighted by atomic mass is 15.2. The van der Waals surface area contributed by atoms with Gasteiger partial charge in [0.05, 0.1) is 0 Å². The van der Waals surface area contributed by atoms with E-state index in [4.69, 9.17) is 4.98 Å². The van der Waals surface area contributed by atoms with Gasteiger partial charge in [-0.2, -0.15) is 0 Å². The summed E-state index contributed by atoms with van der Waals surface area (Å²) in [6.07, 6.45) is 8.42.